The van der Waals surface area contributed by atoms with E-state index in [1.807, 2.05) is 45.0 Å². The SMILES string of the molecule is CC.Cc1ccc(NC(=O)c2cscn2)cc1. The molecule has 0 spiro atoms. The van der Waals surface area contributed by atoms with Crippen LogP contribution in [0.3, 0.4) is 0 Å². The predicted octanol–water partition coefficient (Wildman–Crippen LogP) is 3.73. The molecule has 0 aliphatic heterocycles. The van der Waals surface area contributed by atoms with Crippen LogP contribution < -0.4 is 5.32 Å². The molecule has 0 bridgehead atoms. The Bertz CT molecular complexity index is 449. The van der Waals surface area contributed by atoms with Crippen LogP contribution >= 0.6 is 11.3 Å². The summed E-state index contributed by atoms with van der Waals surface area (Å²) in [5.74, 6) is -0.167. The van der Waals surface area contributed by atoms with Gasteiger partial charge >= 0.3 is 0 Å². The molecule has 0 fully saturated rings. The van der Waals surface area contributed by atoms with Crippen molar-refractivity contribution in [3.05, 3.63) is 46.4 Å². The average Bonchev–Trinajstić information content (AvgIpc) is 2.88. The second-order valence-electron chi connectivity index (χ2n) is 3.19. The van der Waals surface area contributed by atoms with E-state index < -0.39 is 0 Å². The van der Waals surface area contributed by atoms with Crippen molar-refractivity contribution in [3.63, 3.8) is 0 Å². The van der Waals surface area contributed by atoms with Crippen LogP contribution in [0, 0.1) is 6.92 Å². The number of carbonyl (C=O) groups is 1. The van der Waals surface area contributed by atoms with Crippen molar-refractivity contribution in [2.24, 2.45) is 0 Å². The number of aryl methyl sites for hydroxylation is 1. The molecular formula is C13H16N2OS. The maximum Gasteiger partial charge on any atom is 0.275 e. The summed E-state index contributed by atoms with van der Waals surface area (Å²) in [6.45, 7) is 6.01. The monoisotopic (exact) mass is 248 g/mol. The van der Waals surface area contributed by atoms with Gasteiger partial charge in [-0.3, -0.25) is 4.79 Å². The Labute approximate surface area is 106 Å². The van der Waals surface area contributed by atoms with Gasteiger partial charge in [-0.15, -0.1) is 11.3 Å². The van der Waals surface area contributed by atoms with Crippen molar-refractivity contribution >= 4 is 22.9 Å². The van der Waals surface area contributed by atoms with Crippen molar-refractivity contribution in [1.29, 1.82) is 0 Å². The quantitative estimate of drug-likeness (QED) is 0.879. The highest BCUT2D eigenvalue weighted by Crippen LogP contribution is 2.10. The van der Waals surface area contributed by atoms with E-state index >= 15 is 0 Å². The third-order valence-electron chi connectivity index (χ3n) is 1.97. The van der Waals surface area contributed by atoms with Crippen LogP contribution in [0.5, 0.6) is 0 Å². The van der Waals surface area contributed by atoms with Gasteiger partial charge in [0.05, 0.1) is 5.51 Å². The number of benzene rings is 1. The summed E-state index contributed by atoms with van der Waals surface area (Å²) in [4.78, 5) is 15.5. The fourth-order valence-electron chi connectivity index (χ4n) is 1.16. The molecule has 0 aliphatic rings. The molecule has 3 nitrogen and oxygen atoms in total. The Morgan fingerprint density at radius 1 is 1.24 bits per heavy atom. The number of amides is 1. The first-order valence-electron chi connectivity index (χ1n) is 5.52. The highest BCUT2D eigenvalue weighted by molar-refractivity contribution is 7.07. The molecule has 0 unspecified atom stereocenters. The fraction of sp³-hybridized carbons (Fsp3) is 0.231. The van der Waals surface area contributed by atoms with Crippen molar-refractivity contribution in [2.75, 3.05) is 5.32 Å². The van der Waals surface area contributed by atoms with Gasteiger partial charge in [0, 0.05) is 11.1 Å². The van der Waals surface area contributed by atoms with Gasteiger partial charge in [-0.05, 0) is 19.1 Å². The van der Waals surface area contributed by atoms with Crippen LogP contribution in [-0.4, -0.2) is 10.9 Å². The molecule has 1 amide bonds. The molecule has 1 N–H and O–H groups in total. The Kier molecular flexibility index (Phi) is 5.36. The zero-order chi connectivity index (χ0) is 12.7. The third kappa shape index (κ3) is 4.00. The van der Waals surface area contributed by atoms with Crippen LogP contribution in [0.4, 0.5) is 5.69 Å². The number of nitrogens with one attached hydrogen (secondary N) is 1. The molecule has 1 heterocycles. The minimum absolute atomic E-state index is 0.167. The van der Waals surface area contributed by atoms with E-state index in [0.717, 1.165) is 5.69 Å². The Hall–Kier alpha value is -1.68. The smallest absolute Gasteiger partial charge is 0.275 e. The summed E-state index contributed by atoms with van der Waals surface area (Å²) in [5.41, 5.74) is 4.06. The Morgan fingerprint density at radius 3 is 2.41 bits per heavy atom. The second-order valence-corrected chi connectivity index (χ2v) is 3.91. The van der Waals surface area contributed by atoms with Gasteiger partial charge in [0.2, 0.25) is 0 Å². The molecule has 0 aliphatic carbocycles. The Morgan fingerprint density at radius 2 is 1.88 bits per heavy atom. The first-order chi connectivity index (χ1) is 8.25. The number of thiazole rings is 1. The molecule has 0 saturated heterocycles. The molecule has 4 heteroatoms. The first kappa shape index (κ1) is 13.4. The predicted molar refractivity (Wildman–Crippen MR) is 72.6 cm³/mol. The van der Waals surface area contributed by atoms with Gasteiger partial charge in [0.1, 0.15) is 5.69 Å². The number of aromatic nitrogens is 1. The van der Waals surface area contributed by atoms with Gasteiger partial charge in [0.15, 0.2) is 0 Å². The minimum atomic E-state index is -0.167. The topological polar surface area (TPSA) is 42.0 Å². The molecule has 0 atom stereocenters. The molecule has 1 aromatic carbocycles. The zero-order valence-electron chi connectivity index (χ0n) is 10.2. The van der Waals surface area contributed by atoms with Gasteiger partial charge in [-0.1, -0.05) is 31.5 Å². The van der Waals surface area contributed by atoms with Gasteiger partial charge in [-0.25, -0.2) is 4.98 Å². The minimum Gasteiger partial charge on any atom is -0.321 e. The van der Waals surface area contributed by atoms with Crippen LogP contribution in [0.2, 0.25) is 0 Å². The lowest BCUT2D eigenvalue weighted by Gasteiger charge is -2.02. The van der Waals surface area contributed by atoms with Crippen LogP contribution in [-0.2, 0) is 0 Å². The van der Waals surface area contributed by atoms with Crippen LogP contribution in [0.15, 0.2) is 35.2 Å². The largest absolute Gasteiger partial charge is 0.321 e. The van der Waals surface area contributed by atoms with Crippen molar-refractivity contribution < 1.29 is 4.79 Å². The average molecular weight is 248 g/mol. The van der Waals surface area contributed by atoms with Gasteiger partial charge < -0.3 is 5.32 Å². The number of hydrogen-bond acceptors (Lipinski definition) is 3. The highest BCUT2D eigenvalue weighted by atomic mass is 32.1. The highest BCUT2D eigenvalue weighted by Gasteiger charge is 2.06. The van der Waals surface area contributed by atoms with Crippen molar-refractivity contribution in [2.45, 2.75) is 20.8 Å². The molecule has 1 aromatic heterocycles. The number of anilines is 1. The lowest BCUT2D eigenvalue weighted by molar-refractivity contribution is 0.102. The molecule has 90 valence electrons. The number of hydrogen-bond donors (Lipinski definition) is 1. The number of rotatable bonds is 2. The normalized spacial score (nSPS) is 9.12. The number of carbonyl (C=O) groups excluding carboxylic acids is 1. The van der Waals surface area contributed by atoms with E-state index in [-0.39, 0.29) is 5.91 Å². The standard InChI is InChI=1S/C11H10N2OS.C2H6/c1-8-2-4-9(5-3-8)13-11(14)10-6-15-7-12-10;1-2/h2-7H,1H3,(H,13,14);1-2H3. The maximum absolute atomic E-state index is 11.6. The first-order valence-corrected chi connectivity index (χ1v) is 6.46. The van der Waals surface area contributed by atoms with E-state index in [1.54, 1.807) is 10.9 Å². The molecule has 0 saturated carbocycles. The lowest BCUT2D eigenvalue weighted by atomic mass is 10.2. The van der Waals surface area contributed by atoms with E-state index in [4.69, 9.17) is 0 Å². The van der Waals surface area contributed by atoms with Crippen molar-refractivity contribution in [1.82, 2.24) is 4.98 Å². The summed E-state index contributed by atoms with van der Waals surface area (Å²) >= 11 is 1.41. The van der Waals surface area contributed by atoms with Crippen LogP contribution in [0.1, 0.15) is 29.9 Å². The number of nitrogens with zero attached hydrogens (tertiary/aromatic N) is 1. The molecule has 2 rings (SSSR count). The third-order valence-corrected chi connectivity index (χ3v) is 2.56. The van der Waals surface area contributed by atoms with E-state index in [9.17, 15) is 4.79 Å². The lowest BCUT2D eigenvalue weighted by Crippen LogP contribution is -2.11. The van der Waals surface area contributed by atoms with E-state index in [1.165, 1.54) is 16.9 Å². The second kappa shape index (κ2) is 6.81. The Balaban J connectivity index is 0.000000686. The van der Waals surface area contributed by atoms with Gasteiger partial charge in [-0.2, -0.15) is 0 Å². The molecular weight excluding hydrogens is 232 g/mol. The summed E-state index contributed by atoms with van der Waals surface area (Å²) in [6.07, 6.45) is 0. The summed E-state index contributed by atoms with van der Waals surface area (Å²) < 4.78 is 0. The zero-order valence-corrected chi connectivity index (χ0v) is 11.0. The molecule has 17 heavy (non-hydrogen) atoms. The summed E-state index contributed by atoms with van der Waals surface area (Å²) in [7, 11) is 0. The van der Waals surface area contributed by atoms with Crippen LogP contribution in [0.25, 0.3) is 0 Å². The molecule has 0 radical (unpaired) electrons. The van der Waals surface area contributed by atoms with Crippen molar-refractivity contribution in [3.8, 4) is 0 Å². The van der Waals surface area contributed by atoms with E-state index in [0.29, 0.717) is 5.69 Å². The van der Waals surface area contributed by atoms with E-state index in [2.05, 4.69) is 10.3 Å². The summed E-state index contributed by atoms with van der Waals surface area (Å²) in [5, 5.41) is 4.50. The van der Waals surface area contributed by atoms with Gasteiger partial charge in [0.25, 0.3) is 5.91 Å². The summed E-state index contributed by atoms with van der Waals surface area (Å²) in [6, 6.07) is 7.66. The fourth-order valence-corrected chi connectivity index (χ4v) is 1.69. The molecule has 2 aromatic rings. The maximum atomic E-state index is 11.6.